The predicted molar refractivity (Wildman–Crippen MR) is 95.1 cm³/mol. The third-order valence-electron chi connectivity index (χ3n) is 4.97. The Labute approximate surface area is 144 Å². The van der Waals surface area contributed by atoms with Gasteiger partial charge in [-0.15, -0.1) is 0 Å². The van der Waals surface area contributed by atoms with Gasteiger partial charge < -0.3 is 10.2 Å². The maximum Gasteiger partial charge on any atom is 0.234 e. The quantitative estimate of drug-likeness (QED) is 0.913. The Balaban J connectivity index is 1.62. The summed E-state index contributed by atoms with van der Waals surface area (Å²) in [4.78, 5) is 25.8. The van der Waals surface area contributed by atoms with Crippen molar-refractivity contribution in [3.63, 3.8) is 0 Å². The number of aryl methyl sites for hydroxylation is 1. The monoisotopic (exact) mass is 331 g/mol. The van der Waals surface area contributed by atoms with Gasteiger partial charge in [0.05, 0.1) is 18.3 Å². The molecule has 0 radical (unpaired) electrons. The predicted octanol–water partition coefficient (Wildman–Crippen LogP) is 1.91. The van der Waals surface area contributed by atoms with Crippen molar-refractivity contribution in [2.45, 2.75) is 51.0 Å². The second-order valence-electron chi connectivity index (χ2n) is 7.17. The molecular weight excluding hydrogens is 302 g/mol. The normalized spacial score (nSPS) is 21.7. The van der Waals surface area contributed by atoms with E-state index in [0.29, 0.717) is 6.54 Å². The molecule has 24 heavy (non-hydrogen) atoms. The minimum atomic E-state index is 0.0597. The summed E-state index contributed by atoms with van der Waals surface area (Å²) in [6, 6.07) is 0.0597. The van der Waals surface area contributed by atoms with Gasteiger partial charge in [-0.3, -0.25) is 9.69 Å². The molecule has 0 bridgehead atoms. The first-order valence-electron chi connectivity index (χ1n) is 9.18. The Morgan fingerprint density at radius 3 is 2.71 bits per heavy atom. The third kappa shape index (κ3) is 4.23. The zero-order chi connectivity index (χ0) is 16.9. The Hall–Kier alpha value is -1.69. The van der Waals surface area contributed by atoms with Crippen LogP contribution in [0.4, 0.5) is 5.95 Å². The maximum atomic E-state index is 12.5. The number of carbonyl (C=O) groups excluding carboxylic acids is 1. The fraction of sp³-hybridized carbons (Fsp3) is 0.722. The molecule has 2 aliphatic rings. The summed E-state index contributed by atoms with van der Waals surface area (Å²) in [6.07, 6.45) is 9.90. The molecule has 6 nitrogen and oxygen atoms in total. The van der Waals surface area contributed by atoms with Gasteiger partial charge in [-0.25, -0.2) is 9.97 Å². The van der Waals surface area contributed by atoms with Crippen molar-refractivity contribution in [1.29, 1.82) is 0 Å². The maximum absolute atomic E-state index is 12.5. The topological polar surface area (TPSA) is 61.4 Å². The van der Waals surface area contributed by atoms with Crippen LogP contribution in [0.3, 0.4) is 0 Å². The lowest BCUT2D eigenvalue weighted by atomic mass is 9.92. The number of fused-ring (bicyclic) bond motifs is 1. The van der Waals surface area contributed by atoms with E-state index < -0.39 is 0 Å². The third-order valence-corrected chi connectivity index (χ3v) is 4.97. The van der Waals surface area contributed by atoms with Crippen molar-refractivity contribution >= 4 is 11.9 Å². The Bertz CT molecular complexity index is 567. The van der Waals surface area contributed by atoms with Crippen molar-refractivity contribution < 1.29 is 4.79 Å². The van der Waals surface area contributed by atoms with Crippen molar-refractivity contribution in [1.82, 2.24) is 20.2 Å². The summed E-state index contributed by atoms with van der Waals surface area (Å²) < 4.78 is 0. The number of rotatable bonds is 4. The van der Waals surface area contributed by atoms with E-state index in [9.17, 15) is 4.79 Å². The minimum absolute atomic E-state index is 0.0597. The van der Waals surface area contributed by atoms with Crippen molar-refractivity contribution in [2.24, 2.45) is 0 Å². The largest absolute Gasteiger partial charge is 0.348 e. The average Bonchev–Trinajstić information content (AvgIpc) is 2.83. The van der Waals surface area contributed by atoms with E-state index in [4.69, 9.17) is 0 Å². The van der Waals surface area contributed by atoms with Gasteiger partial charge >= 0.3 is 0 Å². The summed E-state index contributed by atoms with van der Waals surface area (Å²) in [7, 11) is 3.90. The van der Waals surface area contributed by atoms with Gasteiger partial charge in [0.1, 0.15) is 0 Å². The van der Waals surface area contributed by atoms with Gasteiger partial charge in [0.15, 0.2) is 0 Å². The molecule has 1 amide bonds. The summed E-state index contributed by atoms with van der Waals surface area (Å²) in [5, 5.41) is 3.22. The van der Waals surface area contributed by atoms with Crippen LogP contribution < -0.4 is 10.2 Å². The number of carbonyl (C=O) groups is 1. The zero-order valence-corrected chi connectivity index (χ0v) is 14.9. The van der Waals surface area contributed by atoms with Crippen LogP contribution in [-0.4, -0.2) is 54.5 Å². The van der Waals surface area contributed by atoms with Gasteiger partial charge in [-0.2, -0.15) is 0 Å². The summed E-state index contributed by atoms with van der Waals surface area (Å²) in [5.41, 5.74) is 2.18. The number of hydrogen-bond donors (Lipinski definition) is 1. The van der Waals surface area contributed by atoms with E-state index in [2.05, 4.69) is 20.2 Å². The molecule has 1 aromatic heterocycles. The molecule has 1 aliphatic carbocycles. The number of likely N-dealkylation sites (tertiary alicyclic amines) is 1. The first-order chi connectivity index (χ1) is 11.6. The van der Waals surface area contributed by atoms with E-state index in [-0.39, 0.29) is 11.9 Å². The van der Waals surface area contributed by atoms with Crippen molar-refractivity contribution in [3.8, 4) is 0 Å². The number of amides is 1. The molecule has 1 unspecified atom stereocenters. The fourth-order valence-electron chi connectivity index (χ4n) is 3.64. The molecule has 132 valence electrons. The molecule has 3 rings (SSSR count). The molecule has 6 heteroatoms. The zero-order valence-electron chi connectivity index (χ0n) is 14.9. The number of hydrogen-bond acceptors (Lipinski definition) is 5. The molecule has 2 heterocycles. The van der Waals surface area contributed by atoms with E-state index >= 15 is 0 Å². The molecule has 0 spiro atoms. The molecule has 1 fully saturated rings. The number of nitrogens with zero attached hydrogens (tertiary/aromatic N) is 4. The van der Waals surface area contributed by atoms with E-state index in [1.54, 1.807) is 0 Å². The molecule has 1 atom stereocenters. The Kier molecular flexibility index (Phi) is 5.66. The van der Waals surface area contributed by atoms with Crippen molar-refractivity contribution in [3.05, 3.63) is 17.5 Å². The van der Waals surface area contributed by atoms with Crippen LogP contribution in [0.5, 0.6) is 0 Å². The Morgan fingerprint density at radius 1 is 1.25 bits per heavy atom. The van der Waals surface area contributed by atoms with Crippen molar-refractivity contribution in [2.75, 3.05) is 38.6 Å². The lowest BCUT2D eigenvalue weighted by Gasteiger charge is -2.27. The average molecular weight is 331 g/mol. The number of nitrogens with one attached hydrogen (secondary N) is 1. The van der Waals surface area contributed by atoms with Crippen LogP contribution in [-0.2, 0) is 11.2 Å². The molecule has 1 aromatic rings. The second-order valence-corrected chi connectivity index (χ2v) is 7.17. The minimum Gasteiger partial charge on any atom is -0.348 e. The molecule has 0 saturated carbocycles. The lowest BCUT2D eigenvalue weighted by molar-refractivity contribution is -0.123. The van der Waals surface area contributed by atoms with E-state index in [0.717, 1.165) is 49.6 Å². The van der Waals surface area contributed by atoms with Crippen LogP contribution in [0.2, 0.25) is 0 Å². The molecule has 1 saturated heterocycles. The van der Waals surface area contributed by atoms with Gasteiger partial charge in [-0.05, 0) is 45.2 Å². The van der Waals surface area contributed by atoms with E-state index in [1.165, 1.54) is 25.7 Å². The SMILES string of the molecule is CN(C)c1ncc2c(n1)CCCC2NC(=O)CN1CCCCCC1. The summed E-state index contributed by atoms with van der Waals surface area (Å²) in [5.74, 6) is 0.872. The fourth-order valence-corrected chi connectivity index (χ4v) is 3.64. The highest BCUT2D eigenvalue weighted by molar-refractivity contribution is 5.78. The molecular formula is C18H29N5O. The molecule has 1 N–H and O–H groups in total. The molecule has 0 aromatic carbocycles. The summed E-state index contributed by atoms with van der Waals surface area (Å²) in [6.45, 7) is 2.61. The van der Waals surface area contributed by atoms with Gasteiger partial charge in [-0.1, -0.05) is 12.8 Å². The van der Waals surface area contributed by atoms with Crippen LogP contribution in [0.25, 0.3) is 0 Å². The smallest absolute Gasteiger partial charge is 0.234 e. The standard InChI is InChI=1S/C18H29N5O/c1-22(2)18-19-12-14-15(8-7-9-16(14)21-18)20-17(24)13-23-10-5-3-4-6-11-23/h12,15H,3-11,13H2,1-2H3,(H,20,24). The lowest BCUT2D eigenvalue weighted by Crippen LogP contribution is -2.40. The van der Waals surface area contributed by atoms with Gasteiger partial charge in [0, 0.05) is 25.9 Å². The van der Waals surface area contributed by atoms with Gasteiger partial charge in [0.2, 0.25) is 11.9 Å². The van der Waals surface area contributed by atoms with Crippen LogP contribution in [0.15, 0.2) is 6.20 Å². The highest BCUT2D eigenvalue weighted by Gasteiger charge is 2.24. The number of anilines is 1. The van der Waals surface area contributed by atoms with Gasteiger partial charge in [0.25, 0.3) is 0 Å². The first-order valence-corrected chi connectivity index (χ1v) is 9.18. The second kappa shape index (κ2) is 7.92. The summed E-state index contributed by atoms with van der Waals surface area (Å²) >= 11 is 0. The first kappa shape index (κ1) is 17.1. The van der Waals surface area contributed by atoms with Crippen LogP contribution in [0, 0.1) is 0 Å². The van der Waals surface area contributed by atoms with Crippen LogP contribution >= 0.6 is 0 Å². The highest BCUT2D eigenvalue weighted by Crippen LogP contribution is 2.28. The molecule has 1 aliphatic heterocycles. The Morgan fingerprint density at radius 2 is 2.00 bits per heavy atom. The van der Waals surface area contributed by atoms with E-state index in [1.807, 2.05) is 25.2 Å². The highest BCUT2D eigenvalue weighted by atomic mass is 16.2. The number of aromatic nitrogens is 2. The van der Waals surface area contributed by atoms with Crippen LogP contribution in [0.1, 0.15) is 55.8 Å².